The third kappa shape index (κ3) is 5.81. The number of hydrogen-bond acceptors (Lipinski definition) is 5. The molecule has 0 spiro atoms. The Hall–Kier alpha value is -2.94. The smallest absolute Gasteiger partial charge is 0.317 e. The average molecular weight is 430 g/mol. The van der Waals surface area contributed by atoms with E-state index >= 15 is 0 Å². The second kappa shape index (κ2) is 10.4. The molecule has 1 saturated heterocycles. The van der Waals surface area contributed by atoms with Gasteiger partial charge in [0.05, 0.1) is 12.6 Å². The van der Waals surface area contributed by atoms with E-state index in [1.165, 1.54) is 0 Å². The van der Waals surface area contributed by atoms with Gasteiger partial charge in [-0.15, -0.1) is 0 Å². The van der Waals surface area contributed by atoms with Gasteiger partial charge < -0.3 is 21.1 Å². The maximum Gasteiger partial charge on any atom is 0.317 e. The van der Waals surface area contributed by atoms with Crippen LogP contribution in [0.2, 0.25) is 0 Å². The Labute approximate surface area is 181 Å². The maximum absolute atomic E-state index is 13.2. The number of likely N-dealkylation sites (tertiary alicyclic amines) is 1. The molecule has 1 saturated carbocycles. The molecule has 31 heavy (non-hydrogen) atoms. The molecule has 1 aliphatic carbocycles. The summed E-state index contributed by atoms with van der Waals surface area (Å²) in [4.78, 5) is 38.5. The van der Waals surface area contributed by atoms with Crippen molar-refractivity contribution in [3.63, 3.8) is 0 Å². The predicted octanol–water partition coefficient (Wildman–Crippen LogP) is 0.811. The molecule has 1 aromatic rings. The molecule has 0 unspecified atom stereocenters. The number of nitrogen functional groups attached to an aromatic ring is 1. The van der Waals surface area contributed by atoms with E-state index in [-0.39, 0.29) is 30.1 Å². The number of benzene rings is 1. The molecule has 2 atom stereocenters. The third-order valence-electron chi connectivity index (χ3n) is 6.20. The zero-order valence-corrected chi connectivity index (χ0v) is 17.6. The highest BCUT2D eigenvalue weighted by atomic mass is 16.4. The van der Waals surface area contributed by atoms with Crippen molar-refractivity contribution >= 4 is 23.6 Å². The fourth-order valence-electron chi connectivity index (χ4n) is 4.33. The highest BCUT2D eigenvalue weighted by molar-refractivity contribution is 5.95. The lowest BCUT2D eigenvalue weighted by Gasteiger charge is -2.43. The number of aliphatic carboxylic acids is 1. The Morgan fingerprint density at radius 2 is 1.81 bits per heavy atom. The molecule has 168 valence electrons. The fraction of sp³-hybridized carbons (Fsp3) is 0.545. The second-order valence-corrected chi connectivity index (χ2v) is 8.31. The van der Waals surface area contributed by atoms with Crippen molar-refractivity contribution in [1.29, 1.82) is 5.41 Å². The van der Waals surface area contributed by atoms with E-state index in [4.69, 9.17) is 16.2 Å². The molecule has 9 nitrogen and oxygen atoms in total. The Balaban J connectivity index is 1.58. The number of amides is 2. The molecule has 2 aliphatic rings. The van der Waals surface area contributed by atoms with Crippen LogP contribution < -0.4 is 16.4 Å². The molecule has 9 heteroatoms. The molecular weight excluding hydrogens is 398 g/mol. The number of amidine groups is 1. The minimum absolute atomic E-state index is 0.0109. The van der Waals surface area contributed by atoms with Crippen LogP contribution in [0.1, 0.15) is 49.7 Å². The van der Waals surface area contributed by atoms with Crippen LogP contribution in [0.3, 0.4) is 0 Å². The van der Waals surface area contributed by atoms with Gasteiger partial charge in [0.15, 0.2) is 0 Å². The summed E-state index contributed by atoms with van der Waals surface area (Å²) in [5.41, 5.74) is 6.94. The molecular formula is C22H31N5O4. The lowest BCUT2D eigenvalue weighted by molar-refractivity contribution is -0.150. The summed E-state index contributed by atoms with van der Waals surface area (Å²) in [6.07, 6.45) is 5.59. The maximum atomic E-state index is 13.2. The highest BCUT2D eigenvalue weighted by Gasteiger charge is 2.42. The van der Waals surface area contributed by atoms with Crippen LogP contribution in [0.5, 0.6) is 0 Å². The molecule has 1 aliphatic heterocycles. The summed E-state index contributed by atoms with van der Waals surface area (Å²) in [7, 11) is 0. The molecule has 0 bridgehead atoms. The van der Waals surface area contributed by atoms with Gasteiger partial charge in [0.1, 0.15) is 11.9 Å². The van der Waals surface area contributed by atoms with Crippen LogP contribution in [0, 0.1) is 11.3 Å². The summed E-state index contributed by atoms with van der Waals surface area (Å²) in [5, 5.41) is 22.3. The van der Waals surface area contributed by atoms with Crippen LogP contribution in [-0.4, -0.2) is 58.8 Å². The Kier molecular flexibility index (Phi) is 7.62. The van der Waals surface area contributed by atoms with Crippen molar-refractivity contribution < 1.29 is 19.5 Å². The Morgan fingerprint density at radius 1 is 1.13 bits per heavy atom. The van der Waals surface area contributed by atoms with Crippen LogP contribution in [0.4, 0.5) is 0 Å². The van der Waals surface area contributed by atoms with Crippen LogP contribution >= 0.6 is 0 Å². The number of carboxylic acids is 1. The van der Waals surface area contributed by atoms with Crippen LogP contribution in [0.15, 0.2) is 24.3 Å². The minimum Gasteiger partial charge on any atom is -0.480 e. The molecule has 0 radical (unpaired) electrons. The molecule has 2 fully saturated rings. The zero-order valence-electron chi connectivity index (χ0n) is 17.6. The quantitative estimate of drug-likeness (QED) is 0.290. The number of nitrogens with one attached hydrogen (secondary N) is 3. The fourth-order valence-corrected chi connectivity index (χ4v) is 4.33. The van der Waals surface area contributed by atoms with Crippen molar-refractivity contribution in [2.75, 3.05) is 13.1 Å². The van der Waals surface area contributed by atoms with Crippen LogP contribution in [0.25, 0.3) is 0 Å². The molecule has 3 rings (SSSR count). The van der Waals surface area contributed by atoms with Gasteiger partial charge in [0.2, 0.25) is 11.8 Å². The normalized spacial score (nSPS) is 19.9. The predicted molar refractivity (Wildman–Crippen MR) is 115 cm³/mol. The van der Waals surface area contributed by atoms with Gasteiger partial charge in [-0.2, -0.15) is 0 Å². The molecule has 1 aromatic carbocycles. The number of nitrogens with two attached hydrogens (primary N) is 1. The summed E-state index contributed by atoms with van der Waals surface area (Å²) >= 11 is 0. The number of nitrogens with zero attached hydrogens (tertiary/aromatic N) is 1. The van der Waals surface area contributed by atoms with Gasteiger partial charge in [0.25, 0.3) is 0 Å². The van der Waals surface area contributed by atoms with E-state index in [2.05, 4.69) is 10.6 Å². The summed E-state index contributed by atoms with van der Waals surface area (Å²) in [5.74, 6) is -1.29. The Morgan fingerprint density at radius 3 is 2.35 bits per heavy atom. The number of carbonyl (C=O) groups is 3. The van der Waals surface area contributed by atoms with E-state index in [0.29, 0.717) is 25.1 Å². The van der Waals surface area contributed by atoms with E-state index in [1.54, 1.807) is 29.2 Å². The van der Waals surface area contributed by atoms with Gasteiger partial charge in [-0.1, -0.05) is 43.5 Å². The number of rotatable bonds is 9. The average Bonchev–Trinajstić information content (AvgIpc) is 2.72. The first-order valence-corrected chi connectivity index (χ1v) is 10.8. The number of carbonyl (C=O) groups excluding carboxylic acids is 2. The van der Waals surface area contributed by atoms with Crippen molar-refractivity contribution in [3.8, 4) is 0 Å². The third-order valence-corrected chi connectivity index (χ3v) is 6.20. The molecule has 1 heterocycles. The highest BCUT2D eigenvalue weighted by Crippen LogP contribution is 2.29. The van der Waals surface area contributed by atoms with Gasteiger partial charge in [0, 0.05) is 18.7 Å². The standard InChI is InChI=1S/C22H31N5O4/c23-20(24)16-8-6-14(7-9-16)12-26-21(30)17-10-11-27(17)22(31)19(25-13-18(28)29)15-4-2-1-3-5-15/h6-9,15,17,19,25H,1-5,10-13H2,(H3,23,24)(H,26,30)(H,28,29)/t17-,19-/m0/s1. The first kappa shape index (κ1) is 22.7. The van der Waals surface area contributed by atoms with Gasteiger partial charge in [-0.3, -0.25) is 25.1 Å². The summed E-state index contributed by atoms with van der Waals surface area (Å²) < 4.78 is 0. The molecule has 6 N–H and O–H groups in total. The largest absolute Gasteiger partial charge is 0.480 e. The lowest BCUT2D eigenvalue weighted by Crippen LogP contribution is -2.63. The van der Waals surface area contributed by atoms with E-state index < -0.39 is 18.1 Å². The number of carboxylic acid groups (broad SMARTS) is 1. The van der Waals surface area contributed by atoms with Gasteiger partial charge in [-0.05, 0) is 30.7 Å². The van der Waals surface area contributed by atoms with Crippen molar-refractivity contribution in [3.05, 3.63) is 35.4 Å². The van der Waals surface area contributed by atoms with Crippen molar-refractivity contribution in [2.24, 2.45) is 11.7 Å². The zero-order chi connectivity index (χ0) is 22.4. The molecule has 2 amide bonds. The SMILES string of the molecule is N=C(N)c1ccc(CNC(=O)[C@@H]2CCN2C(=O)[C@@H](NCC(=O)O)C2CCCCC2)cc1. The molecule has 0 aromatic heterocycles. The van der Waals surface area contributed by atoms with Crippen LogP contribution in [-0.2, 0) is 20.9 Å². The van der Waals surface area contributed by atoms with Gasteiger partial charge >= 0.3 is 5.97 Å². The van der Waals surface area contributed by atoms with E-state index in [1.807, 2.05) is 0 Å². The van der Waals surface area contributed by atoms with E-state index in [0.717, 1.165) is 37.7 Å². The minimum atomic E-state index is -0.998. The van der Waals surface area contributed by atoms with E-state index in [9.17, 15) is 14.4 Å². The number of hydrogen-bond donors (Lipinski definition) is 5. The first-order valence-electron chi connectivity index (χ1n) is 10.8. The Bertz CT molecular complexity index is 820. The van der Waals surface area contributed by atoms with Crippen molar-refractivity contribution in [2.45, 2.75) is 57.2 Å². The lowest BCUT2D eigenvalue weighted by atomic mass is 9.82. The first-order chi connectivity index (χ1) is 14.9. The summed E-state index contributed by atoms with van der Waals surface area (Å²) in [6, 6.07) is 5.97. The van der Waals surface area contributed by atoms with Gasteiger partial charge in [-0.25, -0.2) is 0 Å². The summed E-state index contributed by atoms with van der Waals surface area (Å²) in [6.45, 7) is 0.551. The topological polar surface area (TPSA) is 149 Å². The monoisotopic (exact) mass is 429 g/mol. The van der Waals surface area contributed by atoms with Crippen molar-refractivity contribution in [1.82, 2.24) is 15.5 Å². The second-order valence-electron chi connectivity index (χ2n) is 8.31.